The first-order chi connectivity index (χ1) is 8.30. The Bertz CT molecular complexity index is 314. The highest BCUT2D eigenvalue weighted by Gasteiger charge is 2.27. The molecule has 0 saturated carbocycles. The van der Waals surface area contributed by atoms with Crippen LogP contribution in [0.1, 0.15) is 40.0 Å². The molecule has 104 valence electrons. The summed E-state index contributed by atoms with van der Waals surface area (Å²) < 4.78 is 5.42. The van der Waals surface area contributed by atoms with E-state index in [1.807, 2.05) is 6.92 Å². The molecule has 0 aromatic heterocycles. The van der Waals surface area contributed by atoms with Gasteiger partial charge in [0.2, 0.25) is 5.91 Å². The first-order valence-corrected chi connectivity index (χ1v) is 6.40. The number of carboxylic acid groups (broad SMARTS) is 1. The molecule has 1 fully saturated rings. The number of rotatable bonds is 6. The Kier molecular flexibility index (Phi) is 5.14. The van der Waals surface area contributed by atoms with Crippen molar-refractivity contribution in [3.05, 3.63) is 0 Å². The van der Waals surface area contributed by atoms with Crippen LogP contribution in [0, 0.1) is 11.3 Å². The molecule has 1 amide bonds. The zero-order chi connectivity index (χ0) is 13.8. The van der Waals surface area contributed by atoms with Crippen LogP contribution in [0.2, 0.25) is 0 Å². The summed E-state index contributed by atoms with van der Waals surface area (Å²) in [6, 6.07) is 0. The topological polar surface area (TPSA) is 75.6 Å². The minimum absolute atomic E-state index is 0.00334. The fraction of sp³-hybridized carbons (Fsp3) is 0.846. The largest absolute Gasteiger partial charge is 0.481 e. The van der Waals surface area contributed by atoms with E-state index in [9.17, 15) is 9.59 Å². The van der Waals surface area contributed by atoms with Crippen LogP contribution < -0.4 is 5.32 Å². The van der Waals surface area contributed by atoms with Gasteiger partial charge >= 0.3 is 5.97 Å². The van der Waals surface area contributed by atoms with E-state index < -0.39 is 11.4 Å². The van der Waals surface area contributed by atoms with Crippen LogP contribution in [0.25, 0.3) is 0 Å². The Balaban J connectivity index is 2.30. The molecule has 5 nitrogen and oxygen atoms in total. The Morgan fingerprint density at radius 3 is 2.56 bits per heavy atom. The normalized spacial score (nSPS) is 23.9. The van der Waals surface area contributed by atoms with Crippen LogP contribution in [-0.2, 0) is 14.3 Å². The summed E-state index contributed by atoms with van der Waals surface area (Å²) in [5.74, 6) is -0.581. The highest BCUT2D eigenvalue weighted by Crippen LogP contribution is 2.25. The predicted molar refractivity (Wildman–Crippen MR) is 67.2 cm³/mol. The highest BCUT2D eigenvalue weighted by molar-refractivity contribution is 5.77. The van der Waals surface area contributed by atoms with Crippen molar-refractivity contribution in [2.45, 2.75) is 46.1 Å². The van der Waals surface area contributed by atoms with E-state index >= 15 is 0 Å². The van der Waals surface area contributed by atoms with Gasteiger partial charge in [-0.15, -0.1) is 0 Å². The standard InChI is InChI=1S/C13H23NO4/c1-9-10(4-5-18-9)8-14-11(15)6-13(2,3)7-12(16)17/h9-10H,4-8H2,1-3H3,(H,14,15)(H,16,17). The molecule has 18 heavy (non-hydrogen) atoms. The fourth-order valence-electron chi connectivity index (χ4n) is 2.26. The molecule has 5 heteroatoms. The van der Waals surface area contributed by atoms with Gasteiger partial charge in [-0.2, -0.15) is 0 Å². The van der Waals surface area contributed by atoms with Gasteiger partial charge in [-0.05, 0) is 18.8 Å². The molecule has 0 aromatic carbocycles. The van der Waals surface area contributed by atoms with E-state index in [1.165, 1.54) is 0 Å². The first kappa shape index (κ1) is 15.0. The maximum atomic E-state index is 11.8. The Labute approximate surface area is 108 Å². The van der Waals surface area contributed by atoms with Gasteiger partial charge in [0.15, 0.2) is 0 Å². The number of carboxylic acids is 1. The monoisotopic (exact) mass is 257 g/mol. The summed E-state index contributed by atoms with van der Waals surface area (Å²) in [7, 11) is 0. The molecule has 0 bridgehead atoms. The number of amides is 1. The molecule has 0 radical (unpaired) electrons. The lowest BCUT2D eigenvalue weighted by Crippen LogP contribution is -2.35. The minimum Gasteiger partial charge on any atom is -0.481 e. The molecule has 1 heterocycles. The van der Waals surface area contributed by atoms with Gasteiger partial charge in [-0.25, -0.2) is 0 Å². The van der Waals surface area contributed by atoms with Gasteiger partial charge < -0.3 is 15.2 Å². The molecular weight excluding hydrogens is 234 g/mol. The van der Waals surface area contributed by atoms with E-state index in [0.29, 0.717) is 12.5 Å². The Morgan fingerprint density at radius 1 is 1.39 bits per heavy atom. The van der Waals surface area contributed by atoms with Crippen molar-refractivity contribution in [2.24, 2.45) is 11.3 Å². The average Bonchev–Trinajstić information content (AvgIpc) is 2.58. The van der Waals surface area contributed by atoms with Crippen molar-refractivity contribution < 1.29 is 19.4 Å². The number of hydrogen-bond donors (Lipinski definition) is 2. The maximum absolute atomic E-state index is 11.8. The van der Waals surface area contributed by atoms with E-state index in [-0.39, 0.29) is 24.9 Å². The number of carbonyl (C=O) groups is 2. The summed E-state index contributed by atoms with van der Waals surface area (Å²) in [6.45, 7) is 6.97. The second-order valence-corrected chi connectivity index (χ2v) is 5.84. The van der Waals surface area contributed by atoms with Crippen molar-refractivity contribution in [1.82, 2.24) is 5.32 Å². The maximum Gasteiger partial charge on any atom is 0.303 e. The molecule has 0 spiro atoms. The van der Waals surface area contributed by atoms with Crippen LogP contribution >= 0.6 is 0 Å². The van der Waals surface area contributed by atoms with Crippen LogP contribution in [0.5, 0.6) is 0 Å². The van der Waals surface area contributed by atoms with Crippen LogP contribution in [0.4, 0.5) is 0 Å². The first-order valence-electron chi connectivity index (χ1n) is 6.40. The quantitative estimate of drug-likeness (QED) is 0.754. The summed E-state index contributed by atoms with van der Waals surface area (Å²) in [5.41, 5.74) is -0.506. The van der Waals surface area contributed by atoms with Gasteiger partial charge in [-0.1, -0.05) is 13.8 Å². The van der Waals surface area contributed by atoms with Crippen molar-refractivity contribution in [3.63, 3.8) is 0 Å². The lowest BCUT2D eigenvalue weighted by molar-refractivity contribution is -0.139. The molecule has 1 aliphatic rings. The molecule has 1 saturated heterocycles. The zero-order valence-electron chi connectivity index (χ0n) is 11.4. The van der Waals surface area contributed by atoms with Gasteiger partial charge in [0.05, 0.1) is 12.5 Å². The third-order valence-electron chi connectivity index (χ3n) is 3.36. The van der Waals surface area contributed by atoms with E-state index in [0.717, 1.165) is 13.0 Å². The van der Waals surface area contributed by atoms with Crippen molar-refractivity contribution >= 4 is 11.9 Å². The van der Waals surface area contributed by atoms with Crippen LogP contribution in [0.3, 0.4) is 0 Å². The second kappa shape index (κ2) is 6.18. The summed E-state index contributed by atoms with van der Waals surface area (Å²) in [6.07, 6.45) is 1.40. The fourth-order valence-corrected chi connectivity index (χ4v) is 2.26. The molecular formula is C13H23NO4. The second-order valence-electron chi connectivity index (χ2n) is 5.84. The van der Waals surface area contributed by atoms with Crippen molar-refractivity contribution in [3.8, 4) is 0 Å². The number of carbonyl (C=O) groups excluding carboxylic acids is 1. The van der Waals surface area contributed by atoms with Crippen molar-refractivity contribution in [2.75, 3.05) is 13.2 Å². The third kappa shape index (κ3) is 5.04. The summed E-state index contributed by atoms with van der Waals surface area (Å²) >= 11 is 0. The molecule has 2 unspecified atom stereocenters. The lowest BCUT2D eigenvalue weighted by Gasteiger charge is -2.22. The highest BCUT2D eigenvalue weighted by atomic mass is 16.5. The molecule has 0 aromatic rings. The minimum atomic E-state index is -0.870. The average molecular weight is 257 g/mol. The van der Waals surface area contributed by atoms with Crippen molar-refractivity contribution in [1.29, 1.82) is 0 Å². The zero-order valence-corrected chi connectivity index (χ0v) is 11.4. The Morgan fingerprint density at radius 2 is 2.06 bits per heavy atom. The Hall–Kier alpha value is -1.10. The van der Waals surface area contributed by atoms with Crippen LogP contribution in [-0.4, -0.2) is 36.2 Å². The van der Waals surface area contributed by atoms with Gasteiger partial charge in [0, 0.05) is 25.5 Å². The summed E-state index contributed by atoms with van der Waals surface area (Å²) in [5, 5.41) is 11.6. The smallest absolute Gasteiger partial charge is 0.303 e. The molecule has 1 aliphatic heterocycles. The van der Waals surface area contributed by atoms with Crippen LogP contribution in [0.15, 0.2) is 0 Å². The molecule has 0 aliphatic carbocycles. The summed E-state index contributed by atoms with van der Waals surface area (Å²) in [4.78, 5) is 22.4. The molecule has 2 atom stereocenters. The van der Waals surface area contributed by atoms with E-state index in [2.05, 4.69) is 5.32 Å². The van der Waals surface area contributed by atoms with E-state index in [1.54, 1.807) is 13.8 Å². The van der Waals surface area contributed by atoms with E-state index in [4.69, 9.17) is 9.84 Å². The third-order valence-corrected chi connectivity index (χ3v) is 3.36. The van der Waals surface area contributed by atoms with Gasteiger partial charge in [-0.3, -0.25) is 9.59 Å². The number of hydrogen-bond acceptors (Lipinski definition) is 3. The van der Waals surface area contributed by atoms with Gasteiger partial charge in [0.1, 0.15) is 0 Å². The molecule has 2 N–H and O–H groups in total. The number of aliphatic carboxylic acids is 1. The predicted octanol–water partition coefficient (Wildman–Crippen LogP) is 1.42. The number of ether oxygens (including phenoxy) is 1. The number of nitrogens with one attached hydrogen (secondary N) is 1. The molecule has 1 rings (SSSR count). The van der Waals surface area contributed by atoms with Gasteiger partial charge in [0.25, 0.3) is 0 Å². The lowest BCUT2D eigenvalue weighted by atomic mass is 9.85. The SMILES string of the molecule is CC1OCCC1CNC(=O)CC(C)(C)CC(=O)O.